The second-order valence-electron chi connectivity index (χ2n) is 5.23. The fourth-order valence-electron chi connectivity index (χ4n) is 2.23. The van der Waals surface area contributed by atoms with Crippen molar-refractivity contribution in [2.75, 3.05) is 13.3 Å². The highest BCUT2D eigenvalue weighted by molar-refractivity contribution is 14.0. The highest BCUT2D eigenvalue weighted by Gasteiger charge is 2.11. The third-order valence-corrected chi connectivity index (χ3v) is 4.59. The van der Waals surface area contributed by atoms with Gasteiger partial charge >= 0.3 is 0 Å². The van der Waals surface area contributed by atoms with E-state index in [-0.39, 0.29) is 24.0 Å². The number of hydrogen-bond acceptors (Lipinski definition) is 4. The van der Waals surface area contributed by atoms with E-state index in [1.165, 1.54) is 6.26 Å². The standard InChI is InChI=1S/C16H21N3O3S.HI/c1-12-9-13(6-7-15(12)23(3,20)21)10-18-16(17-2)19-11-14-5-4-8-22-14;/h4-9H,10-11H2,1-3H3,(H2,17,18,19);1H. The zero-order chi connectivity index (χ0) is 16.9. The second-order valence-corrected chi connectivity index (χ2v) is 7.21. The van der Waals surface area contributed by atoms with Gasteiger partial charge in [0.1, 0.15) is 5.76 Å². The monoisotopic (exact) mass is 463 g/mol. The molecule has 1 aromatic carbocycles. The van der Waals surface area contributed by atoms with Crippen molar-refractivity contribution in [3.05, 3.63) is 53.5 Å². The molecule has 1 heterocycles. The topological polar surface area (TPSA) is 83.7 Å². The fraction of sp³-hybridized carbons (Fsp3) is 0.312. The maximum absolute atomic E-state index is 11.6. The summed E-state index contributed by atoms with van der Waals surface area (Å²) in [6.07, 6.45) is 2.84. The van der Waals surface area contributed by atoms with Gasteiger partial charge in [0.25, 0.3) is 0 Å². The zero-order valence-electron chi connectivity index (χ0n) is 13.9. The molecule has 0 saturated carbocycles. The molecule has 132 valence electrons. The summed E-state index contributed by atoms with van der Waals surface area (Å²) in [6, 6.07) is 9.02. The van der Waals surface area contributed by atoms with E-state index in [1.54, 1.807) is 32.4 Å². The first kappa shape index (κ1) is 20.5. The number of aryl methyl sites for hydroxylation is 1. The molecule has 0 radical (unpaired) electrons. The molecule has 0 aliphatic rings. The van der Waals surface area contributed by atoms with Gasteiger partial charge in [0.05, 0.1) is 17.7 Å². The van der Waals surface area contributed by atoms with Gasteiger partial charge in [-0.3, -0.25) is 4.99 Å². The summed E-state index contributed by atoms with van der Waals surface area (Å²) >= 11 is 0. The summed E-state index contributed by atoms with van der Waals surface area (Å²) in [5.41, 5.74) is 1.72. The maximum atomic E-state index is 11.6. The lowest BCUT2D eigenvalue weighted by atomic mass is 10.1. The summed E-state index contributed by atoms with van der Waals surface area (Å²) in [5.74, 6) is 1.47. The van der Waals surface area contributed by atoms with Crippen LogP contribution in [0.15, 0.2) is 50.9 Å². The van der Waals surface area contributed by atoms with Crippen molar-refractivity contribution >= 4 is 39.8 Å². The zero-order valence-corrected chi connectivity index (χ0v) is 17.0. The number of hydrogen-bond donors (Lipinski definition) is 2. The Bertz CT molecular complexity index is 787. The van der Waals surface area contributed by atoms with E-state index in [1.807, 2.05) is 18.2 Å². The van der Waals surface area contributed by atoms with E-state index in [9.17, 15) is 8.42 Å². The summed E-state index contributed by atoms with van der Waals surface area (Å²) in [4.78, 5) is 4.50. The summed E-state index contributed by atoms with van der Waals surface area (Å²) in [5, 5.41) is 6.32. The van der Waals surface area contributed by atoms with Crippen LogP contribution in [-0.2, 0) is 22.9 Å². The third kappa shape index (κ3) is 5.82. The second kappa shape index (κ2) is 9.07. The molecule has 2 rings (SSSR count). The van der Waals surface area contributed by atoms with Gasteiger partial charge in [-0.2, -0.15) is 0 Å². The molecule has 0 spiro atoms. The van der Waals surface area contributed by atoms with Crippen LogP contribution in [0.2, 0.25) is 0 Å². The van der Waals surface area contributed by atoms with Gasteiger partial charge in [0.2, 0.25) is 0 Å². The molecule has 0 atom stereocenters. The van der Waals surface area contributed by atoms with E-state index in [0.29, 0.717) is 23.9 Å². The Morgan fingerprint density at radius 2 is 1.92 bits per heavy atom. The van der Waals surface area contributed by atoms with Gasteiger partial charge < -0.3 is 15.1 Å². The minimum atomic E-state index is -3.19. The van der Waals surface area contributed by atoms with Crippen molar-refractivity contribution in [3.63, 3.8) is 0 Å². The number of aliphatic imine (C=N–C) groups is 1. The van der Waals surface area contributed by atoms with Crippen LogP contribution in [0.1, 0.15) is 16.9 Å². The number of halogens is 1. The average molecular weight is 463 g/mol. The molecular formula is C16H22IN3O3S. The molecule has 0 unspecified atom stereocenters. The van der Waals surface area contributed by atoms with Crippen LogP contribution < -0.4 is 10.6 Å². The molecule has 0 aliphatic carbocycles. The van der Waals surface area contributed by atoms with E-state index >= 15 is 0 Å². The largest absolute Gasteiger partial charge is 0.467 e. The average Bonchev–Trinajstić information content (AvgIpc) is 2.99. The predicted octanol–water partition coefficient (Wildman–Crippen LogP) is 2.47. The van der Waals surface area contributed by atoms with Crippen LogP contribution in [0, 0.1) is 6.92 Å². The SMILES string of the molecule is CN=C(NCc1ccc(S(C)(=O)=O)c(C)c1)NCc1ccco1.I. The number of rotatable bonds is 5. The van der Waals surface area contributed by atoms with E-state index in [0.717, 1.165) is 16.9 Å². The van der Waals surface area contributed by atoms with Gasteiger partial charge in [-0.05, 0) is 36.2 Å². The maximum Gasteiger partial charge on any atom is 0.191 e. The fourth-order valence-corrected chi connectivity index (χ4v) is 3.19. The van der Waals surface area contributed by atoms with Crippen molar-refractivity contribution in [2.45, 2.75) is 24.9 Å². The third-order valence-electron chi connectivity index (χ3n) is 3.33. The molecule has 0 saturated heterocycles. The normalized spacial score (nSPS) is 11.7. The summed E-state index contributed by atoms with van der Waals surface area (Å²) in [7, 11) is -1.50. The summed E-state index contributed by atoms with van der Waals surface area (Å²) < 4.78 is 28.5. The van der Waals surface area contributed by atoms with Gasteiger partial charge in [-0.25, -0.2) is 8.42 Å². The van der Waals surface area contributed by atoms with E-state index in [2.05, 4.69) is 15.6 Å². The molecule has 0 aliphatic heterocycles. The molecule has 0 bridgehead atoms. The van der Waals surface area contributed by atoms with Gasteiger partial charge in [0, 0.05) is 19.8 Å². The first-order valence-corrected chi connectivity index (χ1v) is 9.06. The number of nitrogens with one attached hydrogen (secondary N) is 2. The minimum Gasteiger partial charge on any atom is -0.467 e. The molecule has 0 fully saturated rings. The highest BCUT2D eigenvalue weighted by Crippen LogP contribution is 2.16. The first-order valence-electron chi connectivity index (χ1n) is 7.16. The van der Waals surface area contributed by atoms with Crippen LogP contribution in [0.5, 0.6) is 0 Å². The lowest BCUT2D eigenvalue weighted by Gasteiger charge is -2.12. The predicted molar refractivity (Wildman–Crippen MR) is 105 cm³/mol. The van der Waals surface area contributed by atoms with Crippen molar-refractivity contribution in [2.24, 2.45) is 4.99 Å². The molecule has 8 heteroatoms. The molecule has 0 amide bonds. The quantitative estimate of drug-likeness (QED) is 0.405. The molecule has 2 N–H and O–H groups in total. The number of sulfone groups is 1. The molecular weight excluding hydrogens is 441 g/mol. The van der Waals surface area contributed by atoms with Crippen LogP contribution in [0.3, 0.4) is 0 Å². The van der Waals surface area contributed by atoms with Crippen molar-refractivity contribution in [1.29, 1.82) is 0 Å². The van der Waals surface area contributed by atoms with E-state index in [4.69, 9.17) is 4.42 Å². The minimum absolute atomic E-state index is 0. The van der Waals surface area contributed by atoms with Gasteiger partial charge in [-0.1, -0.05) is 12.1 Å². The highest BCUT2D eigenvalue weighted by atomic mass is 127. The number of guanidine groups is 1. The van der Waals surface area contributed by atoms with E-state index < -0.39 is 9.84 Å². The Hall–Kier alpha value is -1.55. The van der Waals surface area contributed by atoms with Gasteiger partial charge in [-0.15, -0.1) is 24.0 Å². The van der Waals surface area contributed by atoms with Crippen LogP contribution >= 0.6 is 24.0 Å². The molecule has 24 heavy (non-hydrogen) atoms. The lowest BCUT2D eigenvalue weighted by Crippen LogP contribution is -2.36. The van der Waals surface area contributed by atoms with Crippen molar-refractivity contribution in [1.82, 2.24) is 10.6 Å². The number of benzene rings is 1. The van der Waals surface area contributed by atoms with Crippen molar-refractivity contribution < 1.29 is 12.8 Å². The number of nitrogens with zero attached hydrogens (tertiary/aromatic N) is 1. The Balaban J connectivity index is 0.00000288. The Kier molecular flexibility index (Phi) is 7.74. The Labute approximate surface area is 159 Å². The molecule has 2 aromatic rings. The Morgan fingerprint density at radius 3 is 2.46 bits per heavy atom. The first-order chi connectivity index (χ1) is 10.9. The van der Waals surface area contributed by atoms with Crippen LogP contribution in [-0.4, -0.2) is 27.7 Å². The Morgan fingerprint density at radius 1 is 1.21 bits per heavy atom. The van der Waals surface area contributed by atoms with Gasteiger partial charge in [0.15, 0.2) is 15.8 Å². The number of furan rings is 1. The smallest absolute Gasteiger partial charge is 0.191 e. The lowest BCUT2D eigenvalue weighted by molar-refractivity contribution is 0.501. The summed E-state index contributed by atoms with van der Waals surface area (Å²) in [6.45, 7) is 2.88. The van der Waals surface area contributed by atoms with Crippen molar-refractivity contribution in [3.8, 4) is 0 Å². The van der Waals surface area contributed by atoms with Crippen LogP contribution in [0.4, 0.5) is 0 Å². The van der Waals surface area contributed by atoms with Crippen LogP contribution in [0.25, 0.3) is 0 Å². The molecule has 1 aromatic heterocycles. The molecule has 6 nitrogen and oxygen atoms in total.